The van der Waals surface area contributed by atoms with E-state index in [2.05, 4.69) is 20.3 Å². The molecule has 0 saturated heterocycles. The molecule has 156 valence electrons. The highest BCUT2D eigenvalue weighted by atomic mass is 35.5. The number of carbonyl (C=O) groups excluding carboxylic acids is 1. The second-order valence-electron chi connectivity index (χ2n) is 6.92. The highest BCUT2D eigenvalue weighted by molar-refractivity contribution is 6.41. The van der Waals surface area contributed by atoms with Crippen LogP contribution < -0.4 is 0 Å². The third-order valence-electron chi connectivity index (χ3n) is 5.03. The van der Waals surface area contributed by atoms with Crippen molar-refractivity contribution in [1.82, 2.24) is 39.1 Å². The Bertz CT molecular complexity index is 1260. The molecule has 0 bridgehead atoms. The summed E-state index contributed by atoms with van der Waals surface area (Å²) in [7, 11) is 3.36. The average Bonchev–Trinajstić information content (AvgIpc) is 3.40. The van der Waals surface area contributed by atoms with Gasteiger partial charge in [0, 0.05) is 38.1 Å². The van der Waals surface area contributed by atoms with E-state index in [9.17, 15) is 4.79 Å². The lowest BCUT2D eigenvalue weighted by atomic mass is 10.2. The van der Waals surface area contributed by atoms with Gasteiger partial charge in [0.05, 0.1) is 24.6 Å². The maximum atomic E-state index is 13.1. The average molecular weight is 447 g/mol. The fraction of sp³-hybridized carbons (Fsp3) is 0.316. The van der Waals surface area contributed by atoms with Crippen molar-refractivity contribution >= 4 is 34.8 Å². The number of hydrogen-bond donors (Lipinski definition) is 0. The van der Waals surface area contributed by atoms with Gasteiger partial charge in [-0.2, -0.15) is 15.3 Å². The lowest BCUT2D eigenvalue weighted by molar-refractivity contribution is 0.0785. The number of hydrogen-bond acceptors (Lipinski definition) is 5. The predicted octanol–water partition coefficient (Wildman–Crippen LogP) is 3.23. The van der Waals surface area contributed by atoms with Crippen molar-refractivity contribution in [2.75, 3.05) is 7.05 Å². The van der Waals surface area contributed by atoms with Gasteiger partial charge < -0.3 is 4.90 Å². The molecule has 0 aromatic carbocycles. The molecule has 9 nitrogen and oxygen atoms in total. The zero-order chi connectivity index (χ0) is 21.6. The van der Waals surface area contributed by atoms with Crippen LogP contribution in [0.15, 0.2) is 24.7 Å². The van der Waals surface area contributed by atoms with Gasteiger partial charge in [-0.05, 0) is 19.9 Å². The summed E-state index contributed by atoms with van der Waals surface area (Å²) in [6, 6.07) is 1.86. The molecule has 1 amide bonds. The summed E-state index contributed by atoms with van der Waals surface area (Å²) in [4.78, 5) is 19.0. The van der Waals surface area contributed by atoms with Crippen LogP contribution in [-0.2, 0) is 20.1 Å². The molecule has 4 heterocycles. The molecule has 0 fully saturated rings. The molecule has 0 aliphatic heterocycles. The largest absolute Gasteiger partial charge is 0.336 e. The number of rotatable bonds is 5. The van der Waals surface area contributed by atoms with Crippen molar-refractivity contribution in [2.24, 2.45) is 7.05 Å². The van der Waals surface area contributed by atoms with Crippen LogP contribution in [0.3, 0.4) is 0 Å². The Labute approximate surface area is 182 Å². The fourth-order valence-electron chi connectivity index (χ4n) is 3.40. The monoisotopic (exact) mass is 446 g/mol. The minimum atomic E-state index is -0.242. The lowest BCUT2D eigenvalue weighted by Gasteiger charge is -2.15. The highest BCUT2D eigenvalue weighted by Gasteiger charge is 2.23. The van der Waals surface area contributed by atoms with Gasteiger partial charge >= 0.3 is 0 Å². The van der Waals surface area contributed by atoms with E-state index in [0.717, 1.165) is 23.5 Å². The van der Waals surface area contributed by atoms with Crippen molar-refractivity contribution < 1.29 is 4.79 Å². The molecular formula is C19H20Cl2N8O. The van der Waals surface area contributed by atoms with Crippen LogP contribution in [-0.4, -0.2) is 52.0 Å². The summed E-state index contributed by atoms with van der Waals surface area (Å²) in [6.07, 6.45) is 4.99. The molecule has 0 atom stereocenters. The SMILES string of the molecule is CCn1ncc(-c2ccnc3c(C(=O)N(C)Cc4nn(C)c(Cl)c4Cl)cnn23)c1C. The summed E-state index contributed by atoms with van der Waals surface area (Å²) >= 11 is 12.3. The first-order chi connectivity index (χ1) is 14.3. The van der Waals surface area contributed by atoms with E-state index < -0.39 is 0 Å². The van der Waals surface area contributed by atoms with Crippen LogP contribution in [0.2, 0.25) is 10.2 Å². The fourth-order valence-corrected chi connectivity index (χ4v) is 3.76. The molecule has 0 unspecified atom stereocenters. The molecular weight excluding hydrogens is 427 g/mol. The van der Waals surface area contributed by atoms with Gasteiger partial charge in [0.1, 0.15) is 21.4 Å². The van der Waals surface area contributed by atoms with Crippen LogP contribution >= 0.6 is 23.2 Å². The van der Waals surface area contributed by atoms with Crippen LogP contribution in [0.4, 0.5) is 0 Å². The van der Waals surface area contributed by atoms with E-state index in [1.165, 1.54) is 15.8 Å². The third kappa shape index (κ3) is 3.23. The van der Waals surface area contributed by atoms with Crippen molar-refractivity contribution in [3.05, 3.63) is 51.8 Å². The third-order valence-corrected chi connectivity index (χ3v) is 5.96. The van der Waals surface area contributed by atoms with Crippen LogP contribution in [0.5, 0.6) is 0 Å². The Morgan fingerprint density at radius 1 is 1.23 bits per heavy atom. The van der Waals surface area contributed by atoms with E-state index in [4.69, 9.17) is 23.2 Å². The van der Waals surface area contributed by atoms with E-state index in [1.807, 2.05) is 24.6 Å². The van der Waals surface area contributed by atoms with Gasteiger partial charge in [-0.1, -0.05) is 23.2 Å². The Morgan fingerprint density at radius 3 is 2.63 bits per heavy atom. The van der Waals surface area contributed by atoms with Crippen molar-refractivity contribution in [3.8, 4) is 11.3 Å². The molecule has 0 spiro atoms. The minimum absolute atomic E-state index is 0.206. The van der Waals surface area contributed by atoms with E-state index in [-0.39, 0.29) is 12.5 Å². The maximum absolute atomic E-state index is 13.1. The summed E-state index contributed by atoms with van der Waals surface area (Å²) in [5.41, 5.74) is 4.16. The van der Waals surface area contributed by atoms with Crippen molar-refractivity contribution in [1.29, 1.82) is 0 Å². The second-order valence-corrected chi connectivity index (χ2v) is 7.66. The summed E-state index contributed by atoms with van der Waals surface area (Å²) in [6.45, 7) is 5.02. The minimum Gasteiger partial charge on any atom is -0.336 e. The molecule has 0 aliphatic carbocycles. The molecule has 4 aromatic rings. The summed E-state index contributed by atoms with van der Waals surface area (Å²) in [5, 5.41) is 13.7. The molecule has 0 radical (unpaired) electrons. The highest BCUT2D eigenvalue weighted by Crippen LogP contribution is 2.27. The normalized spacial score (nSPS) is 11.4. The lowest BCUT2D eigenvalue weighted by Crippen LogP contribution is -2.26. The first kappa shape index (κ1) is 20.4. The number of fused-ring (bicyclic) bond motifs is 1. The van der Waals surface area contributed by atoms with E-state index >= 15 is 0 Å². The molecule has 0 saturated carbocycles. The number of amides is 1. The zero-order valence-electron chi connectivity index (χ0n) is 17.0. The molecule has 11 heteroatoms. The molecule has 4 aromatic heterocycles. The van der Waals surface area contributed by atoms with Gasteiger partial charge in [-0.25, -0.2) is 9.50 Å². The second kappa shape index (κ2) is 7.73. The maximum Gasteiger partial charge on any atom is 0.259 e. The van der Waals surface area contributed by atoms with Gasteiger partial charge in [-0.3, -0.25) is 14.2 Å². The zero-order valence-corrected chi connectivity index (χ0v) is 18.5. The predicted molar refractivity (Wildman–Crippen MR) is 114 cm³/mol. The van der Waals surface area contributed by atoms with Gasteiger partial charge in [0.25, 0.3) is 5.91 Å². The number of nitrogens with zero attached hydrogens (tertiary/aromatic N) is 8. The number of halogens is 2. The van der Waals surface area contributed by atoms with Crippen molar-refractivity contribution in [2.45, 2.75) is 26.9 Å². The van der Waals surface area contributed by atoms with E-state index in [1.54, 1.807) is 31.0 Å². The summed E-state index contributed by atoms with van der Waals surface area (Å²) < 4.78 is 5.04. The van der Waals surface area contributed by atoms with Gasteiger partial charge in [-0.15, -0.1) is 0 Å². The number of aromatic nitrogens is 7. The van der Waals surface area contributed by atoms with Crippen LogP contribution in [0.25, 0.3) is 16.9 Å². The Balaban J connectivity index is 1.69. The van der Waals surface area contributed by atoms with Crippen LogP contribution in [0, 0.1) is 6.92 Å². The summed E-state index contributed by atoms with van der Waals surface area (Å²) in [5.74, 6) is -0.242. The van der Waals surface area contributed by atoms with Crippen molar-refractivity contribution in [3.63, 3.8) is 0 Å². The molecule has 30 heavy (non-hydrogen) atoms. The van der Waals surface area contributed by atoms with Gasteiger partial charge in [0.2, 0.25) is 0 Å². The Kier molecular flexibility index (Phi) is 5.25. The van der Waals surface area contributed by atoms with E-state index in [0.29, 0.717) is 27.1 Å². The first-order valence-corrected chi connectivity index (χ1v) is 10.1. The topological polar surface area (TPSA) is 86.1 Å². The number of aryl methyl sites for hydroxylation is 2. The van der Waals surface area contributed by atoms with Gasteiger partial charge in [0.15, 0.2) is 5.65 Å². The smallest absolute Gasteiger partial charge is 0.259 e. The Hall–Kier alpha value is -2.91. The quantitative estimate of drug-likeness (QED) is 0.469. The molecule has 4 rings (SSSR count). The Morgan fingerprint density at radius 2 is 2.00 bits per heavy atom. The first-order valence-electron chi connectivity index (χ1n) is 9.31. The molecule has 0 aliphatic rings. The standard InChI is InChI=1S/C19H20Cl2N8O/c1-5-28-11(2)12(8-23-28)15-6-7-22-18-13(9-24-29(15)18)19(30)26(3)10-14-16(20)17(21)27(4)25-14/h6-9H,5,10H2,1-4H3. The molecule has 0 N–H and O–H groups in total. The number of carbonyl (C=O) groups is 1. The van der Waals surface area contributed by atoms with Crippen LogP contribution in [0.1, 0.15) is 28.7 Å².